The average molecular weight is 296 g/mol. The molecule has 0 radical (unpaired) electrons. The second kappa shape index (κ2) is 4.18. The number of hydrogen-bond donors (Lipinski definition) is 0. The van der Waals surface area contributed by atoms with Crippen LogP contribution in [0.2, 0.25) is 0 Å². The standard InChI is InChI=1S/C7H9IN2OS/c1-5-4-12-7(9-5)10(2)6(11)3-8/h4H,3H2,1-2H3. The molecule has 12 heavy (non-hydrogen) atoms. The van der Waals surface area contributed by atoms with E-state index in [9.17, 15) is 4.79 Å². The van der Waals surface area contributed by atoms with Crippen LogP contribution in [0.3, 0.4) is 0 Å². The Morgan fingerprint density at radius 1 is 1.83 bits per heavy atom. The van der Waals surface area contributed by atoms with Crippen LogP contribution in [0.4, 0.5) is 5.13 Å². The Morgan fingerprint density at radius 2 is 2.50 bits per heavy atom. The van der Waals surface area contributed by atoms with E-state index in [2.05, 4.69) is 4.98 Å². The van der Waals surface area contributed by atoms with Crippen molar-refractivity contribution in [1.82, 2.24) is 4.98 Å². The Balaban J connectivity index is 2.77. The lowest BCUT2D eigenvalue weighted by Gasteiger charge is -2.10. The predicted octanol–water partition coefficient (Wildman–Crippen LogP) is 1.85. The van der Waals surface area contributed by atoms with Crippen LogP contribution in [0.1, 0.15) is 5.69 Å². The summed E-state index contributed by atoms with van der Waals surface area (Å²) < 4.78 is 0.493. The highest BCUT2D eigenvalue weighted by Crippen LogP contribution is 2.18. The van der Waals surface area contributed by atoms with E-state index in [4.69, 9.17) is 0 Å². The van der Waals surface area contributed by atoms with Gasteiger partial charge in [0.2, 0.25) is 5.91 Å². The molecule has 3 nitrogen and oxygen atoms in total. The van der Waals surface area contributed by atoms with Crippen LogP contribution in [0.25, 0.3) is 0 Å². The monoisotopic (exact) mass is 296 g/mol. The van der Waals surface area contributed by atoms with Gasteiger partial charge in [-0.2, -0.15) is 0 Å². The van der Waals surface area contributed by atoms with Gasteiger partial charge in [0, 0.05) is 12.4 Å². The topological polar surface area (TPSA) is 33.2 Å². The molecule has 0 N–H and O–H groups in total. The highest BCUT2D eigenvalue weighted by atomic mass is 127. The number of aromatic nitrogens is 1. The van der Waals surface area contributed by atoms with Gasteiger partial charge in [-0.1, -0.05) is 22.6 Å². The van der Waals surface area contributed by atoms with E-state index in [0.717, 1.165) is 10.8 Å². The molecule has 0 atom stereocenters. The lowest BCUT2D eigenvalue weighted by molar-refractivity contribution is -0.115. The van der Waals surface area contributed by atoms with Crippen LogP contribution < -0.4 is 4.90 Å². The minimum atomic E-state index is 0.0879. The third-order valence-corrected chi connectivity index (χ3v) is 3.07. The summed E-state index contributed by atoms with van der Waals surface area (Å²) in [6.07, 6.45) is 0. The number of anilines is 1. The largest absolute Gasteiger partial charge is 0.291 e. The fraction of sp³-hybridized carbons (Fsp3) is 0.429. The molecule has 0 aliphatic carbocycles. The van der Waals surface area contributed by atoms with Crippen molar-refractivity contribution in [2.24, 2.45) is 0 Å². The summed E-state index contributed by atoms with van der Waals surface area (Å²) in [6.45, 7) is 1.92. The van der Waals surface area contributed by atoms with E-state index in [1.165, 1.54) is 11.3 Å². The summed E-state index contributed by atoms with van der Waals surface area (Å²) in [6, 6.07) is 0. The van der Waals surface area contributed by atoms with E-state index in [-0.39, 0.29) is 5.91 Å². The van der Waals surface area contributed by atoms with Crippen LogP contribution in [0.5, 0.6) is 0 Å². The molecule has 1 aromatic heterocycles. The van der Waals surface area contributed by atoms with Gasteiger partial charge in [-0.3, -0.25) is 9.69 Å². The molecule has 0 saturated heterocycles. The maximum Gasteiger partial charge on any atom is 0.238 e. The first-order chi connectivity index (χ1) is 5.65. The van der Waals surface area contributed by atoms with Crippen LogP contribution in [-0.2, 0) is 4.79 Å². The van der Waals surface area contributed by atoms with Crippen molar-refractivity contribution in [3.05, 3.63) is 11.1 Å². The minimum Gasteiger partial charge on any atom is -0.291 e. The molecule has 0 fully saturated rings. The van der Waals surface area contributed by atoms with Gasteiger partial charge >= 0.3 is 0 Å². The number of aryl methyl sites for hydroxylation is 1. The average Bonchev–Trinajstić information content (AvgIpc) is 2.49. The molecule has 1 rings (SSSR count). The van der Waals surface area contributed by atoms with Gasteiger partial charge in [0.05, 0.1) is 10.1 Å². The van der Waals surface area contributed by atoms with Crippen molar-refractivity contribution in [3.8, 4) is 0 Å². The lowest BCUT2D eigenvalue weighted by Crippen LogP contribution is -2.26. The van der Waals surface area contributed by atoms with E-state index in [1.807, 2.05) is 34.9 Å². The van der Waals surface area contributed by atoms with Crippen molar-refractivity contribution in [3.63, 3.8) is 0 Å². The molecule has 0 spiro atoms. The summed E-state index contributed by atoms with van der Waals surface area (Å²) in [4.78, 5) is 17.0. The smallest absolute Gasteiger partial charge is 0.238 e. The summed E-state index contributed by atoms with van der Waals surface area (Å²) >= 11 is 3.54. The van der Waals surface area contributed by atoms with E-state index >= 15 is 0 Å². The molecule has 1 amide bonds. The lowest BCUT2D eigenvalue weighted by atomic mass is 10.6. The van der Waals surface area contributed by atoms with Crippen LogP contribution in [-0.4, -0.2) is 22.4 Å². The van der Waals surface area contributed by atoms with Crippen molar-refractivity contribution < 1.29 is 4.79 Å². The second-order valence-corrected chi connectivity index (χ2v) is 3.96. The molecular weight excluding hydrogens is 287 g/mol. The van der Waals surface area contributed by atoms with Gasteiger partial charge in [-0.15, -0.1) is 11.3 Å². The molecule has 0 aliphatic rings. The Hall–Kier alpha value is -0.170. The number of carbonyl (C=O) groups is 1. The SMILES string of the molecule is Cc1csc(N(C)C(=O)CI)n1. The van der Waals surface area contributed by atoms with Crippen molar-refractivity contribution in [1.29, 1.82) is 0 Å². The number of hydrogen-bond acceptors (Lipinski definition) is 3. The van der Waals surface area contributed by atoms with Gasteiger partial charge < -0.3 is 0 Å². The summed E-state index contributed by atoms with van der Waals surface area (Å²) in [5.74, 6) is 0.0879. The van der Waals surface area contributed by atoms with Gasteiger partial charge in [0.1, 0.15) is 0 Å². The number of nitrogens with zero attached hydrogens (tertiary/aromatic N) is 2. The first-order valence-electron chi connectivity index (χ1n) is 3.40. The third-order valence-electron chi connectivity index (χ3n) is 1.38. The molecular formula is C7H9IN2OS. The zero-order chi connectivity index (χ0) is 9.14. The van der Waals surface area contributed by atoms with Crippen LogP contribution in [0.15, 0.2) is 5.38 Å². The first-order valence-corrected chi connectivity index (χ1v) is 5.80. The van der Waals surface area contributed by atoms with E-state index in [0.29, 0.717) is 4.43 Å². The molecule has 5 heteroatoms. The highest BCUT2D eigenvalue weighted by molar-refractivity contribution is 14.1. The summed E-state index contributed by atoms with van der Waals surface area (Å²) in [5, 5.41) is 2.71. The fourth-order valence-electron chi connectivity index (χ4n) is 0.692. The number of thiazole rings is 1. The Morgan fingerprint density at radius 3 is 2.92 bits per heavy atom. The zero-order valence-electron chi connectivity index (χ0n) is 6.87. The Labute approximate surface area is 88.9 Å². The summed E-state index contributed by atoms with van der Waals surface area (Å²) in [7, 11) is 1.75. The predicted molar refractivity (Wildman–Crippen MR) is 59.1 cm³/mol. The van der Waals surface area contributed by atoms with Gasteiger partial charge in [0.25, 0.3) is 0 Å². The molecule has 0 aliphatic heterocycles. The molecule has 0 unspecified atom stereocenters. The van der Waals surface area contributed by atoms with Gasteiger partial charge in [-0.25, -0.2) is 4.98 Å². The molecule has 1 heterocycles. The molecule has 1 aromatic rings. The van der Waals surface area contributed by atoms with Crippen molar-refractivity contribution >= 4 is 45.0 Å². The summed E-state index contributed by atoms with van der Waals surface area (Å²) in [5.41, 5.74) is 0.961. The van der Waals surface area contributed by atoms with Crippen molar-refractivity contribution in [2.45, 2.75) is 6.92 Å². The molecule has 0 aromatic carbocycles. The molecule has 0 bridgehead atoms. The number of rotatable bonds is 2. The van der Waals surface area contributed by atoms with Crippen molar-refractivity contribution in [2.75, 3.05) is 16.4 Å². The van der Waals surface area contributed by atoms with Gasteiger partial charge in [0.15, 0.2) is 5.13 Å². The number of alkyl halides is 1. The highest BCUT2D eigenvalue weighted by Gasteiger charge is 2.11. The van der Waals surface area contributed by atoms with Crippen LogP contribution >= 0.6 is 33.9 Å². The van der Waals surface area contributed by atoms with Gasteiger partial charge in [-0.05, 0) is 6.92 Å². The molecule has 66 valence electrons. The maximum absolute atomic E-state index is 11.2. The quantitative estimate of drug-likeness (QED) is 0.616. The normalized spacial score (nSPS) is 9.92. The minimum absolute atomic E-state index is 0.0879. The Bertz CT molecular complexity index is 287. The number of amides is 1. The molecule has 0 saturated carbocycles. The fourth-order valence-corrected chi connectivity index (χ4v) is 1.99. The number of carbonyl (C=O) groups excluding carboxylic acids is 1. The first kappa shape index (κ1) is 9.91. The zero-order valence-corrected chi connectivity index (χ0v) is 9.85. The Kier molecular flexibility index (Phi) is 3.45. The van der Waals surface area contributed by atoms with E-state index in [1.54, 1.807) is 11.9 Å². The number of halogens is 1. The third kappa shape index (κ3) is 2.16. The van der Waals surface area contributed by atoms with Crippen LogP contribution in [0, 0.1) is 6.92 Å². The van der Waals surface area contributed by atoms with E-state index < -0.39 is 0 Å². The second-order valence-electron chi connectivity index (χ2n) is 2.36. The maximum atomic E-state index is 11.2.